The van der Waals surface area contributed by atoms with Crippen molar-refractivity contribution in [2.45, 2.75) is 26.3 Å². The molecule has 0 spiro atoms. The molecule has 0 aliphatic heterocycles. The molecule has 2 aromatic heterocycles. The van der Waals surface area contributed by atoms with Gasteiger partial charge in [0.2, 0.25) is 0 Å². The van der Waals surface area contributed by atoms with E-state index in [-0.39, 0.29) is 5.56 Å². The molecule has 1 aromatic carbocycles. The number of aryl methyl sites for hydroxylation is 1. The van der Waals surface area contributed by atoms with Gasteiger partial charge in [0, 0.05) is 17.1 Å². The first-order valence-electron chi connectivity index (χ1n) is 8.61. The topological polar surface area (TPSA) is 67.8 Å². The zero-order valence-corrected chi connectivity index (χ0v) is 16.8. The summed E-state index contributed by atoms with van der Waals surface area (Å²) in [6.45, 7) is 6.60. The Hall–Kier alpha value is -2.47. The molecule has 9 heteroatoms. The van der Waals surface area contributed by atoms with Crippen LogP contribution in [0.15, 0.2) is 30.5 Å². The molecule has 0 amide bonds. The molecule has 0 aliphatic rings. The number of nitrogens with one attached hydrogen (secondary N) is 1. The van der Waals surface area contributed by atoms with Crippen molar-refractivity contribution in [3.8, 4) is 0 Å². The number of pyridine rings is 1. The van der Waals surface area contributed by atoms with Crippen LogP contribution < -0.4 is 10.6 Å². The van der Waals surface area contributed by atoms with Crippen molar-refractivity contribution in [3.05, 3.63) is 53.2 Å². The second-order valence-electron chi connectivity index (χ2n) is 6.95. The first-order valence-corrected chi connectivity index (χ1v) is 11.2. The van der Waals surface area contributed by atoms with Gasteiger partial charge < -0.3 is 9.88 Å². The summed E-state index contributed by atoms with van der Waals surface area (Å²) in [7, 11) is -2.56. The van der Waals surface area contributed by atoms with E-state index >= 15 is 0 Å². The van der Waals surface area contributed by atoms with Gasteiger partial charge in [0.1, 0.15) is 24.6 Å². The molecule has 148 valence electrons. The van der Waals surface area contributed by atoms with Crippen molar-refractivity contribution >= 4 is 29.3 Å². The van der Waals surface area contributed by atoms with E-state index in [0.717, 1.165) is 6.07 Å². The van der Waals surface area contributed by atoms with Gasteiger partial charge in [0.25, 0.3) is 6.43 Å². The van der Waals surface area contributed by atoms with Crippen molar-refractivity contribution in [1.82, 2.24) is 15.0 Å². The Morgan fingerprint density at radius 2 is 1.82 bits per heavy atom. The normalized spacial score (nSPS) is 13.1. The Kier molecular flexibility index (Phi) is 5.44. The number of alkyl halides is 2. The van der Waals surface area contributed by atoms with E-state index in [4.69, 9.17) is 0 Å². The minimum atomic E-state index is -2.90. The van der Waals surface area contributed by atoms with E-state index in [1.807, 2.05) is 0 Å². The van der Waals surface area contributed by atoms with Gasteiger partial charge in [-0.25, -0.2) is 28.1 Å². The Balaban J connectivity index is 2.06. The van der Waals surface area contributed by atoms with Gasteiger partial charge in [-0.05, 0) is 33.2 Å². The van der Waals surface area contributed by atoms with Crippen molar-refractivity contribution in [3.63, 3.8) is 0 Å². The number of anilines is 1. The number of nitrogens with zero attached hydrogens (tertiary/aromatic N) is 3. The molecular weight excluding hydrogens is 388 g/mol. The number of hydrogen-bond donors (Lipinski definition) is 1. The molecule has 0 radical (unpaired) electrons. The SMILES string of the molecule is Cc1nc(N[C@H](C)c2cccc(C(F)F)c2F)c2cc(P(C)(C)=O)cnc2n1. The predicted molar refractivity (Wildman–Crippen MR) is 105 cm³/mol. The van der Waals surface area contributed by atoms with Crippen LogP contribution in [0.1, 0.15) is 36.3 Å². The lowest BCUT2D eigenvalue weighted by molar-refractivity contribution is 0.146. The van der Waals surface area contributed by atoms with Crippen LogP contribution in [0.4, 0.5) is 19.0 Å². The number of fused-ring (bicyclic) bond motifs is 1. The summed E-state index contributed by atoms with van der Waals surface area (Å²) in [6, 6.07) is 4.96. The quantitative estimate of drug-likeness (QED) is 0.613. The van der Waals surface area contributed by atoms with Gasteiger partial charge in [-0.2, -0.15) is 0 Å². The molecule has 28 heavy (non-hydrogen) atoms. The number of aromatic nitrogens is 3. The highest BCUT2D eigenvalue weighted by atomic mass is 31.2. The molecule has 1 atom stereocenters. The predicted octanol–water partition coefficient (Wildman–Crippen LogP) is 4.83. The third kappa shape index (κ3) is 4.02. The number of benzene rings is 1. The second kappa shape index (κ2) is 7.51. The van der Waals surface area contributed by atoms with Gasteiger partial charge >= 0.3 is 0 Å². The minimum Gasteiger partial charge on any atom is -0.363 e. The van der Waals surface area contributed by atoms with Crippen LogP contribution in [0.25, 0.3) is 11.0 Å². The van der Waals surface area contributed by atoms with E-state index in [2.05, 4.69) is 20.3 Å². The van der Waals surface area contributed by atoms with E-state index in [0.29, 0.717) is 28.0 Å². The first kappa shape index (κ1) is 20.3. The molecule has 0 saturated carbocycles. The highest BCUT2D eigenvalue weighted by Crippen LogP contribution is 2.36. The van der Waals surface area contributed by atoms with E-state index in [9.17, 15) is 17.7 Å². The Morgan fingerprint density at radius 1 is 1.14 bits per heavy atom. The second-order valence-corrected chi connectivity index (χ2v) is 10.2. The van der Waals surface area contributed by atoms with Crippen LogP contribution >= 0.6 is 7.14 Å². The minimum absolute atomic E-state index is 0.1000. The molecule has 5 nitrogen and oxygen atoms in total. The molecule has 0 aliphatic carbocycles. The average molecular weight is 408 g/mol. The smallest absolute Gasteiger partial charge is 0.266 e. The maximum Gasteiger partial charge on any atom is 0.266 e. The molecule has 0 saturated heterocycles. The van der Waals surface area contributed by atoms with Crippen molar-refractivity contribution in [2.24, 2.45) is 0 Å². The van der Waals surface area contributed by atoms with Crippen molar-refractivity contribution in [2.75, 3.05) is 18.6 Å². The molecule has 0 unspecified atom stereocenters. The standard InChI is InChI=1S/C19H20F3N4OP/c1-10(13-6-5-7-14(16(13)20)17(21)22)24-19-15-8-12(28(3,4)27)9-23-18(15)25-11(2)26-19/h5-10,17H,1-4H3,(H,23,24,25,26)/t10-/m1/s1. The summed E-state index contributed by atoms with van der Waals surface area (Å²) in [4.78, 5) is 12.9. The summed E-state index contributed by atoms with van der Waals surface area (Å²) >= 11 is 0. The molecular formula is C19H20F3N4OP. The van der Waals surface area contributed by atoms with Gasteiger partial charge in [-0.1, -0.05) is 18.2 Å². The van der Waals surface area contributed by atoms with Crippen LogP contribution in [0.2, 0.25) is 0 Å². The molecule has 0 fully saturated rings. The molecule has 0 bridgehead atoms. The average Bonchev–Trinajstić information content (AvgIpc) is 2.60. The largest absolute Gasteiger partial charge is 0.363 e. The zero-order chi connectivity index (χ0) is 20.6. The van der Waals surface area contributed by atoms with E-state index in [1.165, 1.54) is 18.3 Å². The molecule has 3 rings (SSSR count). The van der Waals surface area contributed by atoms with Crippen molar-refractivity contribution < 1.29 is 17.7 Å². The monoisotopic (exact) mass is 408 g/mol. The third-order valence-electron chi connectivity index (χ3n) is 4.38. The summed E-state index contributed by atoms with van der Waals surface area (Å²) in [5.74, 6) is -0.127. The Morgan fingerprint density at radius 3 is 2.46 bits per heavy atom. The fourth-order valence-corrected chi connectivity index (χ4v) is 3.64. The van der Waals surface area contributed by atoms with Crippen LogP contribution in [-0.2, 0) is 4.57 Å². The van der Waals surface area contributed by atoms with Gasteiger partial charge in [-0.3, -0.25) is 0 Å². The highest BCUT2D eigenvalue weighted by molar-refractivity contribution is 7.70. The van der Waals surface area contributed by atoms with Crippen LogP contribution in [-0.4, -0.2) is 28.3 Å². The Bertz CT molecular complexity index is 1080. The van der Waals surface area contributed by atoms with E-state index in [1.54, 1.807) is 33.2 Å². The van der Waals surface area contributed by atoms with Crippen LogP contribution in [0.5, 0.6) is 0 Å². The lowest BCUT2D eigenvalue weighted by Crippen LogP contribution is -2.13. The lowest BCUT2D eigenvalue weighted by Gasteiger charge is -2.19. The van der Waals surface area contributed by atoms with Crippen molar-refractivity contribution in [1.29, 1.82) is 0 Å². The highest BCUT2D eigenvalue weighted by Gasteiger charge is 2.21. The van der Waals surface area contributed by atoms with Crippen LogP contribution in [0.3, 0.4) is 0 Å². The zero-order valence-electron chi connectivity index (χ0n) is 15.9. The van der Waals surface area contributed by atoms with Crippen LogP contribution in [0, 0.1) is 12.7 Å². The van der Waals surface area contributed by atoms with Gasteiger partial charge in [0.15, 0.2) is 5.65 Å². The molecule has 2 heterocycles. The summed E-state index contributed by atoms with van der Waals surface area (Å²) in [6.07, 6.45) is -1.38. The molecule has 3 aromatic rings. The first-order chi connectivity index (χ1) is 13.1. The number of halogens is 3. The Labute approximate surface area is 160 Å². The fourth-order valence-electron chi connectivity index (χ4n) is 2.87. The third-order valence-corrected chi connectivity index (χ3v) is 5.87. The summed E-state index contributed by atoms with van der Waals surface area (Å²) in [5.41, 5.74) is -0.138. The van der Waals surface area contributed by atoms with Gasteiger partial charge in [-0.15, -0.1) is 0 Å². The van der Waals surface area contributed by atoms with E-state index < -0.39 is 31.0 Å². The lowest BCUT2D eigenvalue weighted by atomic mass is 10.0. The maximum absolute atomic E-state index is 14.5. The number of rotatable bonds is 5. The summed E-state index contributed by atoms with van der Waals surface area (Å²) < 4.78 is 52.9. The number of hydrogen-bond acceptors (Lipinski definition) is 5. The maximum atomic E-state index is 14.5. The summed E-state index contributed by atoms with van der Waals surface area (Å²) in [5, 5.41) is 4.16. The fraction of sp³-hybridized carbons (Fsp3) is 0.316. The molecule has 1 N–H and O–H groups in total. The van der Waals surface area contributed by atoms with Gasteiger partial charge in [0.05, 0.1) is 17.0 Å².